The normalized spacial score (nSPS) is 24.5. The summed E-state index contributed by atoms with van der Waals surface area (Å²) < 4.78 is 20.6. The number of ether oxygens (including phenoxy) is 1. The molecule has 3 aliphatic rings. The van der Waals surface area contributed by atoms with E-state index >= 15 is 4.39 Å². The highest BCUT2D eigenvalue weighted by molar-refractivity contribution is 6.31. The first-order valence-corrected chi connectivity index (χ1v) is 15.0. The average Bonchev–Trinajstić information content (AvgIpc) is 3.74. The molecule has 1 saturated carbocycles. The second-order valence-electron chi connectivity index (χ2n) is 11.6. The number of aromatic nitrogens is 1. The minimum Gasteiger partial charge on any atom is -0.465 e. The Balaban J connectivity index is 1.56. The van der Waals surface area contributed by atoms with E-state index in [4.69, 9.17) is 23.2 Å². The molecule has 13 nitrogen and oxygen atoms in total. The number of anilines is 1. The van der Waals surface area contributed by atoms with Crippen LogP contribution in [0.5, 0.6) is 0 Å². The number of methoxy groups -OCH3 is 1. The highest BCUT2D eigenvalue weighted by Crippen LogP contribution is 2.60. The third kappa shape index (κ3) is 5.05. The van der Waals surface area contributed by atoms with Crippen LogP contribution in [0.1, 0.15) is 58.3 Å². The Morgan fingerprint density at radius 1 is 1.22 bits per heavy atom. The highest BCUT2D eigenvalue weighted by Gasteiger charge is 2.72. The molecule has 16 heteroatoms. The molecular weight excluding hydrogens is 648 g/mol. The van der Waals surface area contributed by atoms with Crippen LogP contribution in [0, 0.1) is 32.0 Å². The van der Waals surface area contributed by atoms with Crippen molar-refractivity contribution in [1.29, 1.82) is 0 Å². The third-order valence-electron chi connectivity index (χ3n) is 9.07. The van der Waals surface area contributed by atoms with Crippen molar-refractivity contribution < 1.29 is 33.7 Å². The van der Waals surface area contributed by atoms with E-state index in [1.807, 2.05) is 0 Å². The van der Waals surface area contributed by atoms with Crippen LogP contribution in [0.3, 0.4) is 0 Å². The number of nitrogens with one attached hydrogen (secondary N) is 1. The summed E-state index contributed by atoms with van der Waals surface area (Å²) in [6.07, 6.45) is -0.585. The van der Waals surface area contributed by atoms with Gasteiger partial charge in [-0.05, 0) is 55.5 Å². The zero-order valence-corrected chi connectivity index (χ0v) is 25.6. The molecular formula is C30H26Cl2FN5O8. The summed E-state index contributed by atoms with van der Waals surface area (Å²) in [6.45, 7) is 0.166. The molecule has 1 saturated heterocycles. The van der Waals surface area contributed by atoms with E-state index in [-0.39, 0.29) is 50.7 Å². The van der Waals surface area contributed by atoms with Crippen molar-refractivity contribution >= 4 is 46.6 Å². The van der Waals surface area contributed by atoms with E-state index in [0.29, 0.717) is 0 Å². The van der Waals surface area contributed by atoms with E-state index in [9.17, 15) is 34.9 Å². The summed E-state index contributed by atoms with van der Waals surface area (Å²) in [5, 5.41) is 39.1. The molecule has 1 aliphatic carbocycles. The van der Waals surface area contributed by atoms with Crippen molar-refractivity contribution in [2.45, 2.75) is 48.9 Å². The molecule has 6 rings (SSSR count). The van der Waals surface area contributed by atoms with Crippen molar-refractivity contribution in [2.75, 3.05) is 19.0 Å². The van der Waals surface area contributed by atoms with Gasteiger partial charge < -0.3 is 15.2 Å². The van der Waals surface area contributed by atoms with Crippen molar-refractivity contribution in [3.63, 3.8) is 0 Å². The van der Waals surface area contributed by atoms with Gasteiger partial charge >= 0.3 is 5.97 Å². The maximum Gasteiger partial charge on any atom is 0.338 e. The van der Waals surface area contributed by atoms with Crippen LogP contribution in [0.4, 0.5) is 15.9 Å². The fourth-order valence-electron chi connectivity index (χ4n) is 6.99. The van der Waals surface area contributed by atoms with Gasteiger partial charge in [0, 0.05) is 28.7 Å². The minimum absolute atomic E-state index is 0.0395. The number of hydrogen-bond donors (Lipinski definition) is 2. The first kappa shape index (κ1) is 31.7. The first-order chi connectivity index (χ1) is 21.9. The number of halogens is 3. The zero-order chi connectivity index (χ0) is 33.1. The fourth-order valence-corrected chi connectivity index (χ4v) is 7.32. The zero-order valence-electron chi connectivity index (χ0n) is 24.1. The smallest absolute Gasteiger partial charge is 0.338 e. The number of hydrogen-bond acceptors (Lipinski definition) is 10. The Bertz CT molecular complexity index is 1790. The monoisotopic (exact) mass is 673 g/mol. The molecule has 2 fully saturated rings. The molecule has 3 heterocycles. The van der Waals surface area contributed by atoms with Crippen LogP contribution in [0.2, 0.25) is 10.2 Å². The molecule has 1 amide bonds. The number of nitro groups is 2. The predicted octanol–water partition coefficient (Wildman–Crippen LogP) is 5.02. The van der Waals surface area contributed by atoms with Crippen LogP contribution in [-0.4, -0.2) is 62.5 Å². The first-order valence-electron chi connectivity index (χ1n) is 14.3. The molecule has 2 aromatic carbocycles. The minimum atomic E-state index is -1.89. The molecule has 0 radical (unpaired) electrons. The standard InChI is InChI=1S/C30H26Cl2FN5O8/c1-46-28(40)15-7-8-16(20(11-15)37(42)43)22(39)12-21-26(38(44)45)24(17-3-2-4-19(31)25(17)33)30(36(21)13-14-5-6-14)18-9-10-23(32)34-27(18)35-29(30)41/h2-4,7-11,14,21-22,24,26,39H,5-6,12-13H2,1H3,(H,34,35,41)/t21-,22?,24-,26+,30+/m0/s1. The van der Waals surface area contributed by atoms with E-state index in [1.54, 1.807) is 4.90 Å². The number of benzene rings is 2. The molecule has 0 bridgehead atoms. The summed E-state index contributed by atoms with van der Waals surface area (Å²) >= 11 is 12.3. The van der Waals surface area contributed by atoms with Gasteiger partial charge in [0.1, 0.15) is 22.3 Å². The molecule has 2 N–H and O–H groups in total. The lowest BCUT2D eigenvalue weighted by Crippen LogP contribution is -2.53. The Hall–Kier alpha value is -4.24. The number of nitro benzene ring substituents is 1. The summed E-state index contributed by atoms with van der Waals surface area (Å²) in [4.78, 5) is 56.0. The van der Waals surface area contributed by atoms with Gasteiger partial charge in [0.05, 0.1) is 46.2 Å². The van der Waals surface area contributed by atoms with Gasteiger partial charge in [0.25, 0.3) is 11.6 Å². The fraction of sp³-hybridized carbons (Fsp3) is 0.367. The van der Waals surface area contributed by atoms with Crippen molar-refractivity contribution in [3.8, 4) is 0 Å². The second kappa shape index (κ2) is 11.8. The number of rotatable bonds is 9. The lowest BCUT2D eigenvalue weighted by atomic mass is 9.73. The van der Waals surface area contributed by atoms with Gasteiger partial charge in [-0.2, -0.15) is 0 Å². The molecule has 240 valence electrons. The second-order valence-corrected chi connectivity index (χ2v) is 12.4. The largest absolute Gasteiger partial charge is 0.465 e. The van der Waals surface area contributed by atoms with Crippen molar-refractivity contribution in [3.05, 3.63) is 107 Å². The highest BCUT2D eigenvalue weighted by atomic mass is 35.5. The Labute approximate surface area is 270 Å². The maximum absolute atomic E-state index is 15.9. The number of aliphatic hydroxyl groups is 1. The molecule has 1 aromatic heterocycles. The number of carbonyl (C=O) groups excluding carboxylic acids is 2. The van der Waals surface area contributed by atoms with Crippen molar-refractivity contribution in [1.82, 2.24) is 9.88 Å². The number of pyridine rings is 1. The number of amides is 1. The summed E-state index contributed by atoms with van der Waals surface area (Å²) in [5.74, 6) is -3.85. The lowest BCUT2D eigenvalue weighted by Gasteiger charge is -2.39. The topological polar surface area (TPSA) is 178 Å². The number of carbonyl (C=O) groups is 2. The van der Waals surface area contributed by atoms with Crippen molar-refractivity contribution in [2.24, 2.45) is 5.92 Å². The van der Waals surface area contributed by atoms with Crippen LogP contribution in [0.25, 0.3) is 0 Å². The Kier molecular flexibility index (Phi) is 8.17. The van der Waals surface area contributed by atoms with Crippen LogP contribution in [-0.2, 0) is 15.1 Å². The number of fused-ring (bicyclic) bond motifs is 2. The molecule has 1 unspecified atom stereocenters. The van der Waals surface area contributed by atoms with E-state index < -0.39 is 69.3 Å². The van der Waals surface area contributed by atoms with Gasteiger partial charge in [-0.15, -0.1) is 0 Å². The lowest BCUT2D eigenvalue weighted by molar-refractivity contribution is -0.528. The van der Waals surface area contributed by atoms with E-state index in [0.717, 1.165) is 26.0 Å². The number of aliphatic hydroxyl groups excluding tert-OH is 1. The quantitative estimate of drug-likeness (QED) is 0.136. The third-order valence-corrected chi connectivity index (χ3v) is 9.58. The molecule has 1 spiro atoms. The SMILES string of the molecule is COC(=O)c1ccc(C(O)C[C@H]2[C@@H]([N+](=O)[O-])[C@H](c3cccc(Cl)c3F)[C@]3(C(=O)Nc4nc(Cl)ccc43)N2CC2CC2)c([N+](=O)[O-])c1. The Morgan fingerprint density at radius 3 is 2.61 bits per heavy atom. The number of nitrogens with zero attached hydrogens (tertiary/aromatic N) is 4. The Morgan fingerprint density at radius 2 is 1.96 bits per heavy atom. The van der Waals surface area contributed by atoms with Crippen LogP contribution in [0.15, 0.2) is 48.5 Å². The van der Waals surface area contributed by atoms with Gasteiger partial charge in [0.15, 0.2) is 0 Å². The molecule has 5 atom stereocenters. The van der Waals surface area contributed by atoms with E-state index in [1.165, 1.54) is 42.5 Å². The maximum atomic E-state index is 15.9. The summed E-state index contributed by atoms with van der Waals surface area (Å²) in [5.41, 5.74) is -2.77. The average molecular weight is 674 g/mol. The van der Waals surface area contributed by atoms with Crippen LogP contribution >= 0.6 is 23.2 Å². The van der Waals surface area contributed by atoms with Crippen LogP contribution < -0.4 is 5.32 Å². The number of likely N-dealkylation sites (tertiary alicyclic amines) is 1. The van der Waals surface area contributed by atoms with Gasteiger partial charge in [-0.1, -0.05) is 35.3 Å². The van der Waals surface area contributed by atoms with Gasteiger partial charge in [-0.25, -0.2) is 14.2 Å². The molecule has 3 aromatic rings. The van der Waals surface area contributed by atoms with Gasteiger partial charge in [0.2, 0.25) is 6.04 Å². The molecule has 2 aliphatic heterocycles. The summed E-state index contributed by atoms with van der Waals surface area (Å²) in [6, 6.07) is 7.42. The summed E-state index contributed by atoms with van der Waals surface area (Å²) in [7, 11) is 1.11. The van der Waals surface area contributed by atoms with E-state index in [2.05, 4.69) is 15.0 Å². The number of esters is 1. The predicted molar refractivity (Wildman–Crippen MR) is 162 cm³/mol. The van der Waals surface area contributed by atoms with Gasteiger partial charge in [-0.3, -0.25) is 29.9 Å². The molecule has 46 heavy (non-hydrogen) atoms.